The van der Waals surface area contributed by atoms with Gasteiger partial charge in [-0.1, -0.05) is 31.5 Å². The van der Waals surface area contributed by atoms with E-state index >= 15 is 0 Å². The molecule has 2 rings (SSSR count). The molecule has 1 aliphatic rings. The van der Waals surface area contributed by atoms with Gasteiger partial charge in [0.1, 0.15) is 0 Å². The van der Waals surface area contributed by atoms with Crippen LogP contribution in [-0.2, 0) is 12.6 Å². The predicted molar refractivity (Wildman–Crippen MR) is 65.4 cm³/mol. The van der Waals surface area contributed by atoms with Crippen molar-refractivity contribution in [1.29, 1.82) is 0 Å². The Bertz CT molecular complexity index is 408. The van der Waals surface area contributed by atoms with E-state index in [1.54, 1.807) is 6.07 Å². The SMILES string of the molecule is CCCC1(Cc2cccc(C(F)(F)F)c2)CNC1. The lowest BCUT2D eigenvalue weighted by atomic mass is 9.73. The van der Waals surface area contributed by atoms with E-state index in [0.717, 1.165) is 44.0 Å². The van der Waals surface area contributed by atoms with Crippen molar-refractivity contribution in [3.63, 3.8) is 0 Å². The van der Waals surface area contributed by atoms with Gasteiger partial charge in [-0.05, 0) is 29.9 Å². The molecule has 4 heteroatoms. The van der Waals surface area contributed by atoms with Crippen molar-refractivity contribution in [2.75, 3.05) is 13.1 Å². The summed E-state index contributed by atoms with van der Waals surface area (Å²) < 4.78 is 37.9. The van der Waals surface area contributed by atoms with Crippen molar-refractivity contribution >= 4 is 0 Å². The number of rotatable bonds is 4. The van der Waals surface area contributed by atoms with Gasteiger partial charge in [0.2, 0.25) is 0 Å². The highest BCUT2D eigenvalue weighted by Gasteiger charge is 2.36. The third-order valence-electron chi connectivity index (χ3n) is 3.61. The largest absolute Gasteiger partial charge is 0.416 e. The highest BCUT2D eigenvalue weighted by Crippen LogP contribution is 2.35. The molecule has 0 aliphatic carbocycles. The molecule has 0 radical (unpaired) electrons. The monoisotopic (exact) mass is 257 g/mol. The summed E-state index contributed by atoms with van der Waals surface area (Å²) in [5, 5.41) is 3.23. The van der Waals surface area contributed by atoms with Gasteiger partial charge in [0.25, 0.3) is 0 Å². The van der Waals surface area contributed by atoms with Crippen LogP contribution in [0.3, 0.4) is 0 Å². The van der Waals surface area contributed by atoms with Gasteiger partial charge in [-0.2, -0.15) is 13.2 Å². The van der Waals surface area contributed by atoms with E-state index in [-0.39, 0.29) is 5.41 Å². The summed E-state index contributed by atoms with van der Waals surface area (Å²) in [4.78, 5) is 0. The van der Waals surface area contributed by atoms with Crippen molar-refractivity contribution in [2.24, 2.45) is 5.41 Å². The van der Waals surface area contributed by atoms with Crippen LogP contribution in [0.1, 0.15) is 30.9 Å². The number of hydrogen-bond acceptors (Lipinski definition) is 1. The Balaban J connectivity index is 2.14. The van der Waals surface area contributed by atoms with Gasteiger partial charge in [0.15, 0.2) is 0 Å². The minimum atomic E-state index is -4.24. The summed E-state index contributed by atoms with van der Waals surface area (Å²) in [7, 11) is 0. The highest BCUT2D eigenvalue weighted by atomic mass is 19.4. The van der Waals surface area contributed by atoms with Gasteiger partial charge in [-0.3, -0.25) is 0 Å². The second-order valence-electron chi connectivity index (χ2n) is 5.23. The summed E-state index contributed by atoms with van der Waals surface area (Å²) in [5.41, 5.74) is 0.414. The summed E-state index contributed by atoms with van der Waals surface area (Å²) in [6.07, 6.45) is -1.37. The zero-order valence-electron chi connectivity index (χ0n) is 10.5. The molecule has 0 spiro atoms. The minimum absolute atomic E-state index is 0.166. The quantitative estimate of drug-likeness (QED) is 0.868. The molecule has 1 aromatic rings. The predicted octanol–water partition coefficient (Wildman–Crippen LogP) is 3.64. The van der Waals surface area contributed by atoms with Gasteiger partial charge in [0, 0.05) is 13.1 Å². The van der Waals surface area contributed by atoms with E-state index in [9.17, 15) is 13.2 Å². The fraction of sp³-hybridized carbons (Fsp3) is 0.571. The first-order valence-electron chi connectivity index (χ1n) is 6.32. The Labute approximate surface area is 105 Å². The van der Waals surface area contributed by atoms with Crippen molar-refractivity contribution in [3.05, 3.63) is 35.4 Å². The average molecular weight is 257 g/mol. The summed E-state index contributed by atoms with van der Waals surface area (Å²) in [5.74, 6) is 0. The molecule has 0 atom stereocenters. The zero-order chi connectivity index (χ0) is 13.2. The fourth-order valence-corrected chi connectivity index (χ4v) is 2.69. The number of nitrogens with one attached hydrogen (secondary N) is 1. The van der Waals surface area contributed by atoms with Crippen LogP contribution in [0.15, 0.2) is 24.3 Å². The van der Waals surface area contributed by atoms with Crippen LogP contribution >= 0.6 is 0 Å². The average Bonchev–Trinajstić information content (AvgIpc) is 2.25. The first-order valence-corrected chi connectivity index (χ1v) is 6.32. The van der Waals surface area contributed by atoms with Gasteiger partial charge in [-0.15, -0.1) is 0 Å². The fourth-order valence-electron chi connectivity index (χ4n) is 2.69. The van der Waals surface area contributed by atoms with E-state index in [2.05, 4.69) is 12.2 Å². The third-order valence-corrected chi connectivity index (χ3v) is 3.61. The molecule has 1 N–H and O–H groups in total. The third kappa shape index (κ3) is 2.86. The van der Waals surface area contributed by atoms with Crippen LogP contribution in [-0.4, -0.2) is 13.1 Å². The normalized spacial score (nSPS) is 18.4. The van der Waals surface area contributed by atoms with Crippen LogP contribution in [0, 0.1) is 5.41 Å². The highest BCUT2D eigenvalue weighted by molar-refractivity contribution is 5.27. The molecule has 1 heterocycles. The maximum atomic E-state index is 12.6. The molecule has 1 fully saturated rings. The van der Waals surface area contributed by atoms with Gasteiger partial charge in [0.05, 0.1) is 5.56 Å². The molecular formula is C14H18F3N. The lowest BCUT2D eigenvalue weighted by molar-refractivity contribution is -0.137. The number of halogens is 3. The zero-order valence-corrected chi connectivity index (χ0v) is 10.5. The summed E-state index contributed by atoms with van der Waals surface area (Å²) in [6.45, 7) is 3.94. The topological polar surface area (TPSA) is 12.0 Å². The minimum Gasteiger partial charge on any atom is -0.316 e. The van der Waals surface area contributed by atoms with Gasteiger partial charge < -0.3 is 5.32 Å². The number of benzene rings is 1. The van der Waals surface area contributed by atoms with Crippen LogP contribution in [0.4, 0.5) is 13.2 Å². The van der Waals surface area contributed by atoms with Crippen molar-refractivity contribution in [3.8, 4) is 0 Å². The number of alkyl halides is 3. The Morgan fingerprint density at radius 1 is 1.28 bits per heavy atom. The van der Waals surface area contributed by atoms with Crippen molar-refractivity contribution in [1.82, 2.24) is 5.32 Å². The second-order valence-corrected chi connectivity index (χ2v) is 5.23. The Morgan fingerprint density at radius 2 is 2.00 bits per heavy atom. The molecule has 1 aliphatic heterocycles. The molecule has 1 aromatic carbocycles. The van der Waals surface area contributed by atoms with Crippen LogP contribution in [0.2, 0.25) is 0 Å². The molecule has 1 nitrogen and oxygen atoms in total. The second kappa shape index (κ2) is 4.92. The summed E-state index contributed by atoms with van der Waals surface area (Å²) >= 11 is 0. The molecule has 100 valence electrons. The standard InChI is InChI=1S/C14H18F3N/c1-2-6-13(9-18-10-13)8-11-4-3-5-12(7-11)14(15,16)17/h3-5,7,18H,2,6,8-10H2,1H3. The molecule has 0 saturated carbocycles. The van der Waals surface area contributed by atoms with Crippen molar-refractivity contribution in [2.45, 2.75) is 32.4 Å². The van der Waals surface area contributed by atoms with Crippen LogP contribution < -0.4 is 5.32 Å². The van der Waals surface area contributed by atoms with Crippen LogP contribution in [0.25, 0.3) is 0 Å². The molecule has 1 saturated heterocycles. The maximum absolute atomic E-state index is 12.6. The van der Waals surface area contributed by atoms with E-state index in [1.165, 1.54) is 12.1 Å². The Kier molecular flexibility index (Phi) is 3.66. The van der Waals surface area contributed by atoms with E-state index < -0.39 is 11.7 Å². The van der Waals surface area contributed by atoms with Crippen molar-refractivity contribution < 1.29 is 13.2 Å². The van der Waals surface area contributed by atoms with E-state index in [1.807, 2.05) is 0 Å². The lowest BCUT2D eigenvalue weighted by Crippen LogP contribution is -2.54. The van der Waals surface area contributed by atoms with Gasteiger partial charge in [-0.25, -0.2) is 0 Å². The maximum Gasteiger partial charge on any atom is 0.416 e. The first kappa shape index (κ1) is 13.4. The molecule has 0 bridgehead atoms. The Hall–Kier alpha value is -1.03. The molecule has 0 amide bonds. The summed E-state index contributed by atoms with van der Waals surface area (Å²) in [6, 6.07) is 5.72. The molecule has 0 aromatic heterocycles. The first-order chi connectivity index (χ1) is 8.45. The smallest absolute Gasteiger partial charge is 0.316 e. The number of hydrogen-bond donors (Lipinski definition) is 1. The van der Waals surface area contributed by atoms with Gasteiger partial charge >= 0.3 is 6.18 Å². The molecule has 0 unspecified atom stereocenters. The van der Waals surface area contributed by atoms with E-state index in [4.69, 9.17) is 0 Å². The molecular weight excluding hydrogens is 239 g/mol. The van der Waals surface area contributed by atoms with Crippen LogP contribution in [0.5, 0.6) is 0 Å². The Morgan fingerprint density at radius 3 is 2.50 bits per heavy atom. The lowest BCUT2D eigenvalue weighted by Gasteiger charge is -2.43. The molecule has 18 heavy (non-hydrogen) atoms. The van der Waals surface area contributed by atoms with E-state index in [0.29, 0.717) is 0 Å².